The molecule has 1 fully saturated rings. The van der Waals surface area contributed by atoms with Crippen LogP contribution in [0.2, 0.25) is 0 Å². The van der Waals surface area contributed by atoms with Crippen molar-refractivity contribution in [2.24, 2.45) is 0 Å². The summed E-state index contributed by atoms with van der Waals surface area (Å²) in [7, 11) is 1.79. The SMILES string of the molecule is CNCc1ccc(Cc2cc(C(=O)NC3CCOCC3)nc3c2OCC3)cc1F. The number of pyridine rings is 1. The normalized spacial score (nSPS) is 16.3. The fourth-order valence-electron chi connectivity index (χ4n) is 3.84. The van der Waals surface area contributed by atoms with Gasteiger partial charge in [-0.2, -0.15) is 0 Å². The van der Waals surface area contributed by atoms with E-state index in [0.717, 1.165) is 35.4 Å². The average molecular weight is 399 g/mol. The van der Waals surface area contributed by atoms with E-state index >= 15 is 0 Å². The summed E-state index contributed by atoms with van der Waals surface area (Å²) in [6.45, 7) is 2.36. The quantitative estimate of drug-likeness (QED) is 0.780. The minimum atomic E-state index is -0.235. The lowest BCUT2D eigenvalue weighted by molar-refractivity contribution is 0.0694. The van der Waals surface area contributed by atoms with E-state index < -0.39 is 0 Å². The number of hydrogen-bond donors (Lipinski definition) is 2. The Morgan fingerprint density at radius 3 is 2.79 bits per heavy atom. The Bertz CT molecular complexity index is 897. The molecule has 0 saturated carbocycles. The van der Waals surface area contributed by atoms with Crippen LogP contribution in [0, 0.1) is 5.82 Å². The summed E-state index contributed by atoms with van der Waals surface area (Å²) < 4.78 is 25.4. The van der Waals surface area contributed by atoms with Crippen molar-refractivity contribution in [3.05, 3.63) is 58.2 Å². The van der Waals surface area contributed by atoms with Gasteiger partial charge in [0.05, 0.1) is 12.3 Å². The molecule has 2 aromatic rings. The van der Waals surface area contributed by atoms with Crippen LogP contribution in [0.5, 0.6) is 5.75 Å². The Morgan fingerprint density at radius 2 is 2.03 bits per heavy atom. The molecule has 1 saturated heterocycles. The highest BCUT2D eigenvalue weighted by Gasteiger charge is 2.24. The number of carbonyl (C=O) groups is 1. The number of ether oxygens (including phenoxy) is 2. The minimum absolute atomic E-state index is 0.111. The summed E-state index contributed by atoms with van der Waals surface area (Å²) >= 11 is 0. The molecule has 2 aliphatic rings. The smallest absolute Gasteiger partial charge is 0.270 e. The lowest BCUT2D eigenvalue weighted by atomic mass is 10.0. The van der Waals surface area contributed by atoms with Gasteiger partial charge in [-0.15, -0.1) is 0 Å². The number of hydrogen-bond acceptors (Lipinski definition) is 5. The highest BCUT2D eigenvalue weighted by molar-refractivity contribution is 5.93. The van der Waals surface area contributed by atoms with Crippen LogP contribution in [-0.4, -0.2) is 43.8 Å². The Labute approximate surface area is 169 Å². The van der Waals surface area contributed by atoms with E-state index in [1.807, 2.05) is 6.07 Å². The number of rotatable bonds is 6. The van der Waals surface area contributed by atoms with Crippen LogP contribution in [0.15, 0.2) is 24.3 Å². The Hall–Kier alpha value is -2.51. The molecule has 4 rings (SSSR count). The fourth-order valence-corrected chi connectivity index (χ4v) is 3.84. The molecule has 2 N–H and O–H groups in total. The number of aromatic nitrogens is 1. The van der Waals surface area contributed by atoms with Gasteiger partial charge >= 0.3 is 0 Å². The molecule has 1 aromatic carbocycles. The fraction of sp³-hybridized carbons (Fsp3) is 0.455. The van der Waals surface area contributed by atoms with Gasteiger partial charge in [-0.25, -0.2) is 9.37 Å². The molecule has 1 amide bonds. The second-order valence-electron chi connectivity index (χ2n) is 7.53. The third-order valence-electron chi connectivity index (χ3n) is 5.37. The lowest BCUT2D eigenvalue weighted by Gasteiger charge is -2.23. The van der Waals surface area contributed by atoms with E-state index in [1.54, 1.807) is 25.2 Å². The standard InChI is InChI=1S/C22H26FN3O3/c1-24-13-15-3-2-14(11-18(15)23)10-16-12-20(26-19-6-9-29-21(16)19)22(27)25-17-4-7-28-8-5-17/h2-3,11-12,17,24H,4-10,13H2,1H3,(H,25,27). The van der Waals surface area contributed by atoms with Crippen molar-refractivity contribution < 1.29 is 18.7 Å². The molecule has 7 heteroatoms. The second-order valence-corrected chi connectivity index (χ2v) is 7.53. The first-order valence-electron chi connectivity index (χ1n) is 10.1. The van der Waals surface area contributed by atoms with Crippen LogP contribution < -0.4 is 15.4 Å². The summed E-state index contributed by atoms with van der Waals surface area (Å²) in [5, 5.41) is 6.02. The van der Waals surface area contributed by atoms with Crippen LogP contribution in [0.1, 0.15) is 45.7 Å². The maximum absolute atomic E-state index is 14.3. The van der Waals surface area contributed by atoms with E-state index in [2.05, 4.69) is 15.6 Å². The van der Waals surface area contributed by atoms with E-state index in [4.69, 9.17) is 9.47 Å². The molecule has 0 atom stereocenters. The number of benzene rings is 1. The van der Waals surface area contributed by atoms with E-state index in [-0.39, 0.29) is 17.8 Å². The molecule has 154 valence electrons. The second kappa shape index (κ2) is 8.88. The molecule has 0 radical (unpaired) electrons. The first kappa shape index (κ1) is 19.8. The van der Waals surface area contributed by atoms with Crippen molar-refractivity contribution in [3.8, 4) is 5.75 Å². The summed E-state index contributed by atoms with van der Waals surface area (Å²) in [5.41, 5.74) is 3.52. The van der Waals surface area contributed by atoms with Crippen molar-refractivity contribution in [2.75, 3.05) is 26.9 Å². The molecule has 2 aliphatic heterocycles. The highest BCUT2D eigenvalue weighted by atomic mass is 19.1. The monoisotopic (exact) mass is 399 g/mol. The molecule has 29 heavy (non-hydrogen) atoms. The van der Waals surface area contributed by atoms with Gasteiger partial charge in [0.25, 0.3) is 5.91 Å². The van der Waals surface area contributed by atoms with Gasteiger partial charge in [0.2, 0.25) is 0 Å². The average Bonchev–Trinajstić information content (AvgIpc) is 3.20. The van der Waals surface area contributed by atoms with Crippen LogP contribution in [-0.2, 0) is 24.1 Å². The molecule has 3 heterocycles. The maximum atomic E-state index is 14.3. The van der Waals surface area contributed by atoms with Crippen molar-refractivity contribution in [2.45, 2.75) is 38.3 Å². The minimum Gasteiger partial charge on any atom is -0.491 e. The largest absolute Gasteiger partial charge is 0.491 e. The van der Waals surface area contributed by atoms with Gasteiger partial charge in [-0.1, -0.05) is 12.1 Å². The van der Waals surface area contributed by atoms with E-state index in [1.165, 1.54) is 0 Å². The van der Waals surface area contributed by atoms with Gasteiger partial charge in [0, 0.05) is 49.8 Å². The topological polar surface area (TPSA) is 72.5 Å². The van der Waals surface area contributed by atoms with Crippen LogP contribution in [0.4, 0.5) is 4.39 Å². The van der Waals surface area contributed by atoms with E-state index in [9.17, 15) is 9.18 Å². The molecule has 0 aliphatic carbocycles. The number of fused-ring (bicyclic) bond motifs is 1. The summed E-state index contributed by atoms with van der Waals surface area (Å²) in [6, 6.07) is 7.15. The molecular weight excluding hydrogens is 373 g/mol. The van der Waals surface area contributed by atoms with Crippen molar-refractivity contribution in [3.63, 3.8) is 0 Å². The molecular formula is C22H26FN3O3. The number of carbonyl (C=O) groups excluding carboxylic acids is 1. The zero-order valence-corrected chi connectivity index (χ0v) is 16.6. The molecule has 0 bridgehead atoms. The van der Waals surface area contributed by atoms with Gasteiger partial charge in [-0.3, -0.25) is 4.79 Å². The highest BCUT2D eigenvalue weighted by Crippen LogP contribution is 2.31. The zero-order chi connectivity index (χ0) is 20.2. The Morgan fingerprint density at radius 1 is 1.21 bits per heavy atom. The Balaban J connectivity index is 1.56. The van der Waals surface area contributed by atoms with Gasteiger partial charge < -0.3 is 20.1 Å². The van der Waals surface area contributed by atoms with E-state index in [0.29, 0.717) is 50.5 Å². The predicted molar refractivity (Wildman–Crippen MR) is 107 cm³/mol. The number of amides is 1. The van der Waals surface area contributed by atoms with Crippen molar-refractivity contribution in [1.29, 1.82) is 0 Å². The molecule has 0 spiro atoms. The van der Waals surface area contributed by atoms with Crippen LogP contribution in [0.3, 0.4) is 0 Å². The molecule has 6 nitrogen and oxygen atoms in total. The third kappa shape index (κ3) is 4.57. The lowest BCUT2D eigenvalue weighted by Crippen LogP contribution is -2.39. The first-order chi connectivity index (χ1) is 14.1. The zero-order valence-electron chi connectivity index (χ0n) is 16.6. The number of nitrogens with one attached hydrogen (secondary N) is 2. The number of nitrogens with zero attached hydrogens (tertiary/aromatic N) is 1. The molecule has 0 unspecified atom stereocenters. The van der Waals surface area contributed by atoms with Gasteiger partial charge in [-0.05, 0) is 37.6 Å². The summed E-state index contributed by atoms with van der Waals surface area (Å²) in [5.74, 6) is 0.316. The third-order valence-corrected chi connectivity index (χ3v) is 5.37. The van der Waals surface area contributed by atoms with Crippen LogP contribution in [0.25, 0.3) is 0 Å². The van der Waals surface area contributed by atoms with Gasteiger partial charge in [0.15, 0.2) is 0 Å². The van der Waals surface area contributed by atoms with Crippen molar-refractivity contribution in [1.82, 2.24) is 15.6 Å². The first-order valence-corrected chi connectivity index (χ1v) is 10.1. The van der Waals surface area contributed by atoms with Gasteiger partial charge in [0.1, 0.15) is 17.3 Å². The Kier molecular flexibility index (Phi) is 6.06. The van der Waals surface area contributed by atoms with Crippen molar-refractivity contribution >= 4 is 5.91 Å². The summed E-state index contributed by atoms with van der Waals surface area (Å²) in [4.78, 5) is 17.3. The molecule has 1 aromatic heterocycles. The predicted octanol–water partition coefficient (Wildman–Crippen LogP) is 2.37. The maximum Gasteiger partial charge on any atom is 0.270 e. The van der Waals surface area contributed by atoms with Crippen LogP contribution >= 0.6 is 0 Å². The summed E-state index contributed by atoms with van der Waals surface area (Å²) in [6.07, 6.45) is 2.78. The number of halogens is 1.